The molecule has 9 nitrogen and oxygen atoms in total. The Hall–Kier alpha value is -1.48. The number of hydrogen-bond donors (Lipinski definition) is 0. The van der Waals surface area contributed by atoms with Crippen LogP contribution in [0.15, 0.2) is 11.0 Å². The smallest absolute Gasteiger partial charge is 0.485 e. The van der Waals surface area contributed by atoms with E-state index in [9.17, 15) is 18.0 Å². The lowest BCUT2D eigenvalue weighted by atomic mass is 9.99. The van der Waals surface area contributed by atoms with Crippen molar-refractivity contribution in [1.29, 1.82) is 0 Å². The molecule has 0 aromatic carbocycles. The van der Waals surface area contributed by atoms with Crippen molar-refractivity contribution < 1.29 is 44.6 Å². The van der Waals surface area contributed by atoms with Crippen LogP contribution < -0.4 is 14.9 Å². The first-order chi connectivity index (χ1) is 15.7. The summed E-state index contributed by atoms with van der Waals surface area (Å²) in [5.74, 6) is 0.556. The zero-order valence-electron chi connectivity index (χ0n) is 21.3. The van der Waals surface area contributed by atoms with Gasteiger partial charge in [-0.2, -0.15) is 22.3 Å². The molecule has 1 saturated heterocycles. The fourth-order valence-corrected chi connectivity index (χ4v) is 6.16. The summed E-state index contributed by atoms with van der Waals surface area (Å²) in [7, 11) is -8.01. The van der Waals surface area contributed by atoms with E-state index in [4.69, 9.17) is 26.9 Å². The monoisotopic (exact) mass is 544 g/mol. The highest BCUT2D eigenvalue weighted by atomic mass is 32.2. The third kappa shape index (κ3) is 6.09. The molecule has 35 heavy (non-hydrogen) atoms. The second-order valence-corrected chi connectivity index (χ2v) is 16.1. The molecule has 2 aliphatic heterocycles. The Morgan fingerprint density at radius 2 is 1.86 bits per heavy atom. The van der Waals surface area contributed by atoms with Gasteiger partial charge in [-0.25, -0.2) is 13.2 Å². The molecule has 2 aliphatic rings. The van der Waals surface area contributed by atoms with E-state index in [0.717, 1.165) is 6.42 Å². The Morgan fingerprint density at radius 1 is 1.31 bits per heavy atom. The summed E-state index contributed by atoms with van der Waals surface area (Å²) >= 11 is 0. The number of hydrogen-bond acceptors (Lipinski definition) is 7. The molecule has 1 fully saturated rings. The largest absolute Gasteiger partial charge is 0.741 e. The van der Waals surface area contributed by atoms with Gasteiger partial charge >= 0.3 is 17.1 Å². The van der Waals surface area contributed by atoms with Crippen LogP contribution in [0.5, 0.6) is 6.01 Å². The van der Waals surface area contributed by atoms with E-state index in [2.05, 4.69) is 40.8 Å². The number of ether oxygens (including phenoxy) is 2. The molecular formula is C21H35F3N2O7SSi. The van der Waals surface area contributed by atoms with Crippen LogP contribution >= 0.6 is 0 Å². The highest BCUT2D eigenvalue weighted by molar-refractivity contribution is 7.86. The van der Waals surface area contributed by atoms with Gasteiger partial charge in [0, 0.05) is 0 Å². The van der Waals surface area contributed by atoms with Gasteiger partial charge in [0.1, 0.15) is 18.4 Å². The minimum atomic E-state index is -6.09. The predicted octanol–water partition coefficient (Wildman–Crippen LogP) is 3.22. The van der Waals surface area contributed by atoms with Gasteiger partial charge in [0.2, 0.25) is 6.23 Å². The van der Waals surface area contributed by atoms with Crippen LogP contribution in [0.1, 0.15) is 52.8 Å². The van der Waals surface area contributed by atoms with E-state index in [0.29, 0.717) is 30.6 Å². The molecule has 2 bridgehead atoms. The second kappa shape index (κ2) is 10.1. The van der Waals surface area contributed by atoms with Crippen molar-refractivity contribution >= 4 is 18.4 Å². The normalized spacial score (nSPS) is 22.4. The van der Waals surface area contributed by atoms with Gasteiger partial charge in [-0.15, -0.1) is 0 Å². The summed E-state index contributed by atoms with van der Waals surface area (Å²) in [5, 5.41) is 0.166. The minimum absolute atomic E-state index is 0.00470. The molecule has 0 N–H and O–H groups in total. The first-order valence-corrected chi connectivity index (χ1v) is 15.7. The number of alkyl halides is 3. The zero-order valence-corrected chi connectivity index (χ0v) is 23.1. The Bertz CT molecular complexity index is 1090. The quantitative estimate of drug-likeness (QED) is 0.234. The van der Waals surface area contributed by atoms with Crippen LogP contribution in [0.3, 0.4) is 0 Å². The van der Waals surface area contributed by atoms with Gasteiger partial charge in [-0.3, -0.25) is 0 Å². The zero-order chi connectivity index (χ0) is 27.1. The second-order valence-electron chi connectivity index (χ2n) is 10.2. The summed E-state index contributed by atoms with van der Waals surface area (Å²) in [6.07, 6.45) is 2.39. The topological polar surface area (TPSA) is 111 Å². The first kappa shape index (κ1) is 29.7. The highest BCUT2D eigenvalue weighted by Crippen LogP contribution is 2.45. The van der Waals surface area contributed by atoms with Crippen molar-refractivity contribution in [2.45, 2.75) is 96.6 Å². The van der Waals surface area contributed by atoms with Crippen LogP contribution in [0.2, 0.25) is 18.1 Å². The maximum Gasteiger partial charge on any atom is 0.485 e. The number of nitrogens with zero attached hydrogens (tertiary/aromatic N) is 2. The van der Waals surface area contributed by atoms with Crippen LogP contribution in [0, 0.1) is 12.8 Å². The molecule has 1 aromatic heterocycles. The highest BCUT2D eigenvalue weighted by Gasteiger charge is 2.50. The van der Waals surface area contributed by atoms with Gasteiger partial charge in [-0.1, -0.05) is 27.7 Å². The Labute approximate surface area is 205 Å². The molecule has 0 saturated carbocycles. The number of aromatic nitrogens is 2. The van der Waals surface area contributed by atoms with Crippen molar-refractivity contribution in [3.63, 3.8) is 0 Å². The van der Waals surface area contributed by atoms with Crippen LogP contribution in [0.4, 0.5) is 13.2 Å². The molecule has 1 aromatic rings. The standard InChI is InChI=1S/C20H35N2O4Si.CHF3O3S/c1-9-21-18(23)14(4)11-22-17-10-15(26-19(21)22)16(25-17)12-24-27(7,8)20(5,6)13(2)3;2-1(3,4)8(5,6)7/h11,13,15-17H,9-10,12H2,1-8H3;(H,5,6,7)/q+1;/p-1/t15-,16-,17-;/m1./s1. The third-order valence-corrected chi connectivity index (χ3v) is 12.5. The Kier molecular flexibility index (Phi) is 8.59. The SMILES string of the molecule is CCn1c2[n+](cc(C)c1=O)[C@H]1C[C@@H](O2)[C@@H](CO[Si](C)(C)C(C)(C)C(C)C)O1.O=S(=O)([O-])C(F)(F)F. The Balaban J connectivity index is 0.000000466. The van der Waals surface area contributed by atoms with Gasteiger partial charge in [0.05, 0.1) is 25.1 Å². The fraction of sp³-hybridized carbons (Fsp3) is 0.810. The van der Waals surface area contributed by atoms with Crippen molar-refractivity contribution in [2.24, 2.45) is 5.92 Å². The van der Waals surface area contributed by atoms with Crippen molar-refractivity contribution in [1.82, 2.24) is 4.57 Å². The van der Waals surface area contributed by atoms with Gasteiger partial charge in [0.25, 0.3) is 0 Å². The minimum Gasteiger partial charge on any atom is -0.741 e. The van der Waals surface area contributed by atoms with E-state index < -0.39 is 23.9 Å². The lowest BCUT2D eigenvalue weighted by molar-refractivity contribution is -0.770. The predicted molar refractivity (Wildman–Crippen MR) is 122 cm³/mol. The van der Waals surface area contributed by atoms with E-state index in [1.54, 1.807) is 4.57 Å². The molecule has 3 heterocycles. The van der Waals surface area contributed by atoms with Crippen LogP contribution in [-0.2, 0) is 25.8 Å². The average Bonchev–Trinajstić information content (AvgIpc) is 3.04. The summed E-state index contributed by atoms with van der Waals surface area (Å²) in [4.78, 5) is 12.4. The van der Waals surface area contributed by atoms with Crippen molar-refractivity contribution in [3.05, 3.63) is 22.1 Å². The van der Waals surface area contributed by atoms with Crippen LogP contribution in [-0.4, -0.2) is 50.2 Å². The summed E-state index contributed by atoms with van der Waals surface area (Å²) in [6, 6.07) is 0.607. The molecule has 3 rings (SSSR count). The van der Waals surface area contributed by atoms with Gasteiger partial charge in [-0.05, 0) is 37.9 Å². The molecule has 0 unspecified atom stereocenters. The van der Waals surface area contributed by atoms with Gasteiger partial charge in [0.15, 0.2) is 18.4 Å². The molecule has 14 heteroatoms. The lowest BCUT2D eigenvalue weighted by Crippen LogP contribution is -2.50. The van der Waals surface area contributed by atoms with Crippen molar-refractivity contribution in [2.75, 3.05) is 6.61 Å². The van der Waals surface area contributed by atoms with Crippen LogP contribution in [0.25, 0.3) is 0 Å². The van der Waals surface area contributed by atoms with E-state index in [1.807, 2.05) is 24.6 Å². The van der Waals surface area contributed by atoms with E-state index >= 15 is 0 Å². The molecule has 0 aliphatic carbocycles. The van der Waals surface area contributed by atoms with Gasteiger partial charge < -0.3 is 18.5 Å². The van der Waals surface area contributed by atoms with E-state index in [1.165, 1.54) is 0 Å². The first-order valence-electron chi connectivity index (χ1n) is 11.4. The van der Waals surface area contributed by atoms with E-state index in [-0.39, 0.29) is 29.0 Å². The average molecular weight is 545 g/mol. The molecule has 202 valence electrons. The molecule has 0 radical (unpaired) electrons. The number of aryl methyl sites for hydroxylation is 1. The molecule has 0 spiro atoms. The Morgan fingerprint density at radius 3 is 2.31 bits per heavy atom. The third-order valence-electron chi connectivity index (χ3n) is 7.32. The number of fused-ring (bicyclic) bond motifs is 4. The fourth-order valence-electron chi connectivity index (χ4n) is 3.82. The molecule has 3 atom stereocenters. The summed E-state index contributed by atoms with van der Waals surface area (Å²) in [6.45, 7) is 18.6. The molecule has 0 amide bonds. The lowest BCUT2D eigenvalue weighted by Gasteiger charge is -2.43. The van der Waals surface area contributed by atoms with Crippen molar-refractivity contribution in [3.8, 4) is 6.01 Å². The summed E-state index contributed by atoms with van der Waals surface area (Å²) < 4.78 is 81.6. The summed E-state index contributed by atoms with van der Waals surface area (Å²) in [5.41, 5.74) is -4.93. The molecular weight excluding hydrogens is 509 g/mol. The number of halogens is 3. The maximum absolute atomic E-state index is 12.4. The number of rotatable bonds is 6. The maximum atomic E-state index is 12.4.